The van der Waals surface area contributed by atoms with E-state index in [1.807, 2.05) is 0 Å². The third-order valence-electron chi connectivity index (χ3n) is 4.70. The number of anilines is 1. The van der Waals surface area contributed by atoms with Crippen LogP contribution in [0.25, 0.3) is 10.9 Å². The molecule has 3 aromatic rings. The summed E-state index contributed by atoms with van der Waals surface area (Å²) in [6, 6.07) is 13.6. The van der Waals surface area contributed by atoms with Gasteiger partial charge in [0.2, 0.25) is 0 Å². The van der Waals surface area contributed by atoms with E-state index in [9.17, 15) is 19.2 Å². The number of ketones is 1. The van der Waals surface area contributed by atoms with Crippen LogP contribution >= 0.6 is 0 Å². The van der Waals surface area contributed by atoms with Gasteiger partial charge < -0.3 is 15.0 Å². The van der Waals surface area contributed by atoms with E-state index in [1.165, 1.54) is 13.8 Å². The largest absolute Gasteiger partial charge is 0.453 e. The van der Waals surface area contributed by atoms with Gasteiger partial charge in [-0.1, -0.05) is 24.3 Å². The molecule has 160 valence electrons. The summed E-state index contributed by atoms with van der Waals surface area (Å²) in [6.07, 6.45) is -0.159. The van der Waals surface area contributed by atoms with Crippen molar-refractivity contribution >= 4 is 34.3 Å². The minimum atomic E-state index is -1.02. The number of nitrogens with one attached hydrogen (secondary N) is 2. The maximum Gasteiger partial charge on any atom is 0.306 e. The Labute approximate surface area is 178 Å². The topological polar surface area (TPSA) is 118 Å². The molecule has 1 heterocycles. The first-order valence-electron chi connectivity index (χ1n) is 9.93. The number of esters is 1. The monoisotopic (exact) mass is 421 g/mol. The first-order valence-corrected chi connectivity index (χ1v) is 9.93. The molecule has 0 aliphatic rings. The van der Waals surface area contributed by atoms with Gasteiger partial charge in [-0.2, -0.15) is 0 Å². The standard InChI is InChI=1S/C23H23N3O5/c1-14(27)16-8-3-5-10-18(16)25-22(29)15(2)31-21(28)13-7-12-20-24-19-11-6-4-9-17(19)23(30)26-20/h3-6,8-11,15H,7,12-13H2,1-2H3,(H,25,29)(H,24,26,30)/t15-/m0/s1. The molecule has 0 radical (unpaired) electrons. The zero-order chi connectivity index (χ0) is 22.4. The summed E-state index contributed by atoms with van der Waals surface area (Å²) in [4.78, 5) is 55.3. The van der Waals surface area contributed by atoms with Gasteiger partial charge >= 0.3 is 5.97 Å². The molecule has 0 saturated carbocycles. The summed E-state index contributed by atoms with van der Waals surface area (Å²) >= 11 is 0. The number of hydrogen-bond acceptors (Lipinski definition) is 6. The Bertz CT molecular complexity index is 1190. The lowest BCUT2D eigenvalue weighted by atomic mass is 10.1. The Morgan fingerprint density at radius 3 is 2.58 bits per heavy atom. The first-order chi connectivity index (χ1) is 14.8. The van der Waals surface area contributed by atoms with Gasteiger partial charge in [0.25, 0.3) is 11.5 Å². The van der Waals surface area contributed by atoms with Crippen LogP contribution in [0.1, 0.15) is 42.9 Å². The molecule has 8 heteroatoms. The number of fused-ring (bicyclic) bond motifs is 1. The Balaban J connectivity index is 1.51. The van der Waals surface area contributed by atoms with Crippen LogP contribution in [0.2, 0.25) is 0 Å². The lowest BCUT2D eigenvalue weighted by molar-refractivity contribution is -0.153. The molecule has 0 spiro atoms. The third kappa shape index (κ3) is 5.63. The van der Waals surface area contributed by atoms with Gasteiger partial charge in [0.05, 0.1) is 16.6 Å². The number of amides is 1. The van der Waals surface area contributed by atoms with E-state index >= 15 is 0 Å². The molecule has 1 amide bonds. The normalized spacial score (nSPS) is 11.7. The van der Waals surface area contributed by atoms with E-state index in [4.69, 9.17) is 4.74 Å². The van der Waals surface area contributed by atoms with Crippen LogP contribution in [-0.4, -0.2) is 33.7 Å². The van der Waals surface area contributed by atoms with Gasteiger partial charge in [-0.3, -0.25) is 19.2 Å². The van der Waals surface area contributed by atoms with E-state index in [0.717, 1.165) is 0 Å². The minimum Gasteiger partial charge on any atom is -0.453 e. The first kappa shape index (κ1) is 21.9. The van der Waals surface area contributed by atoms with Crippen molar-refractivity contribution in [2.24, 2.45) is 0 Å². The van der Waals surface area contributed by atoms with Crippen molar-refractivity contribution in [2.75, 3.05) is 5.32 Å². The molecule has 0 saturated heterocycles. The highest BCUT2D eigenvalue weighted by Crippen LogP contribution is 2.16. The number of aryl methyl sites for hydroxylation is 1. The second kappa shape index (κ2) is 9.80. The van der Waals surface area contributed by atoms with Gasteiger partial charge in [0.1, 0.15) is 5.82 Å². The Morgan fingerprint density at radius 1 is 1.10 bits per heavy atom. The molecular weight excluding hydrogens is 398 g/mol. The number of Topliss-reactive ketones (excluding diaryl/α,β-unsaturated/α-hetero) is 1. The number of para-hydroxylation sites is 2. The van der Waals surface area contributed by atoms with Crippen molar-refractivity contribution in [3.63, 3.8) is 0 Å². The molecule has 1 aromatic heterocycles. The molecule has 1 atom stereocenters. The van der Waals surface area contributed by atoms with Crippen LogP contribution in [0.4, 0.5) is 5.69 Å². The molecule has 0 unspecified atom stereocenters. The van der Waals surface area contributed by atoms with E-state index in [0.29, 0.717) is 40.8 Å². The average molecular weight is 421 g/mol. The highest BCUT2D eigenvalue weighted by Gasteiger charge is 2.19. The fourth-order valence-electron chi connectivity index (χ4n) is 3.10. The molecular formula is C23H23N3O5. The molecule has 2 aromatic carbocycles. The molecule has 8 nitrogen and oxygen atoms in total. The summed E-state index contributed by atoms with van der Waals surface area (Å²) in [5.74, 6) is -0.753. The molecule has 0 bridgehead atoms. The van der Waals surface area contributed by atoms with Crippen molar-refractivity contribution in [1.29, 1.82) is 0 Å². The van der Waals surface area contributed by atoms with E-state index < -0.39 is 18.0 Å². The maximum absolute atomic E-state index is 12.3. The van der Waals surface area contributed by atoms with Crippen molar-refractivity contribution in [3.05, 3.63) is 70.3 Å². The number of rotatable bonds is 8. The molecule has 3 rings (SSSR count). The Kier molecular flexibility index (Phi) is 6.92. The van der Waals surface area contributed by atoms with Crippen molar-refractivity contribution < 1.29 is 19.1 Å². The van der Waals surface area contributed by atoms with Crippen molar-refractivity contribution in [3.8, 4) is 0 Å². The summed E-state index contributed by atoms with van der Waals surface area (Å²) in [5, 5.41) is 3.13. The van der Waals surface area contributed by atoms with Crippen LogP contribution < -0.4 is 10.9 Å². The molecule has 0 aliphatic heterocycles. The highest BCUT2D eigenvalue weighted by molar-refractivity contribution is 6.04. The fraction of sp³-hybridized carbons (Fsp3) is 0.261. The number of hydrogen-bond donors (Lipinski definition) is 2. The number of aromatic nitrogens is 2. The maximum atomic E-state index is 12.3. The summed E-state index contributed by atoms with van der Waals surface area (Å²) < 4.78 is 5.19. The smallest absolute Gasteiger partial charge is 0.306 e. The third-order valence-corrected chi connectivity index (χ3v) is 4.70. The number of nitrogens with zero attached hydrogens (tertiary/aromatic N) is 1. The van der Waals surface area contributed by atoms with Crippen LogP contribution in [0.5, 0.6) is 0 Å². The lowest BCUT2D eigenvalue weighted by Gasteiger charge is -2.15. The number of carbonyl (C=O) groups is 3. The Hall–Kier alpha value is -3.81. The number of aromatic amines is 1. The minimum absolute atomic E-state index is 0.0676. The van der Waals surface area contributed by atoms with Crippen LogP contribution in [0.3, 0.4) is 0 Å². The predicted molar refractivity (Wildman–Crippen MR) is 116 cm³/mol. The summed E-state index contributed by atoms with van der Waals surface area (Å²) in [7, 11) is 0. The van der Waals surface area contributed by atoms with Crippen molar-refractivity contribution in [1.82, 2.24) is 9.97 Å². The van der Waals surface area contributed by atoms with Gasteiger partial charge in [0, 0.05) is 18.4 Å². The molecule has 0 aliphatic carbocycles. The zero-order valence-electron chi connectivity index (χ0n) is 17.3. The number of ether oxygens (including phenoxy) is 1. The zero-order valence-corrected chi connectivity index (χ0v) is 17.3. The van der Waals surface area contributed by atoms with E-state index in [-0.39, 0.29) is 17.8 Å². The highest BCUT2D eigenvalue weighted by atomic mass is 16.5. The van der Waals surface area contributed by atoms with E-state index in [2.05, 4.69) is 15.3 Å². The molecule has 0 fully saturated rings. The molecule has 31 heavy (non-hydrogen) atoms. The van der Waals surface area contributed by atoms with Gasteiger partial charge in [0.15, 0.2) is 11.9 Å². The summed E-state index contributed by atoms with van der Waals surface area (Å²) in [6.45, 7) is 2.87. The van der Waals surface area contributed by atoms with Gasteiger partial charge in [-0.05, 0) is 44.5 Å². The van der Waals surface area contributed by atoms with Gasteiger partial charge in [-0.25, -0.2) is 4.98 Å². The van der Waals surface area contributed by atoms with Crippen LogP contribution in [-0.2, 0) is 20.7 Å². The van der Waals surface area contributed by atoms with E-state index in [1.54, 1.807) is 48.5 Å². The number of carbonyl (C=O) groups excluding carboxylic acids is 3. The van der Waals surface area contributed by atoms with Crippen LogP contribution in [0, 0.1) is 0 Å². The number of H-pyrrole nitrogens is 1. The lowest BCUT2D eigenvalue weighted by Crippen LogP contribution is -2.30. The fourth-order valence-corrected chi connectivity index (χ4v) is 3.10. The average Bonchev–Trinajstić information content (AvgIpc) is 2.74. The molecule has 2 N–H and O–H groups in total. The summed E-state index contributed by atoms with van der Waals surface area (Å²) in [5.41, 5.74) is 1.12. The van der Waals surface area contributed by atoms with Crippen molar-refractivity contribution in [2.45, 2.75) is 39.2 Å². The number of benzene rings is 2. The Morgan fingerprint density at radius 2 is 1.81 bits per heavy atom. The quantitative estimate of drug-likeness (QED) is 0.426. The SMILES string of the molecule is CC(=O)c1ccccc1NC(=O)[C@H](C)OC(=O)CCCc1nc2ccccc2c(=O)[nH]1. The second-order valence-corrected chi connectivity index (χ2v) is 7.11. The van der Waals surface area contributed by atoms with Gasteiger partial charge in [-0.15, -0.1) is 0 Å². The predicted octanol–water partition coefficient (Wildman–Crippen LogP) is 3.02. The van der Waals surface area contributed by atoms with Crippen LogP contribution in [0.15, 0.2) is 53.3 Å². The second-order valence-electron chi connectivity index (χ2n) is 7.11.